The number of benzene rings is 1. The Balaban J connectivity index is 1.74. The zero-order valence-corrected chi connectivity index (χ0v) is 11.5. The molecule has 6 nitrogen and oxygen atoms in total. The zero-order chi connectivity index (χ0) is 14.7. The molecule has 1 saturated carbocycles. The van der Waals surface area contributed by atoms with Crippen molar-refractivity contribution in [2.75, 3.05) is 17.7 Å². The van der Waals surface area contributed by atoms with Crippen LogP contribution in [-0.2, 0) is 0 Å². The predicted molar refractivity (Wildman–Crippen MR) is 79.1 cm³/mol. The van der Waals surface area contributed by atoms with Gasteiger partial charge in [-0.05, 0) is 30.9 Å². The number of aromatic nitrogens is 2. The van der Waals surface area contributed by atoms with Gasteiger partial charge in [-0.25, -0.2) is 9.97 Å². The highest BCUT2D eigenvalue weighted by Gasteiger charge is 2.22. The Morgan fingerprint density at radius 2 is 2.05 bits per heavy atom. The van der Waals surface area contributed by atoms with Crippen LogP contribution >= 0.6 is 0 Å². The highest BCUT2D eigenvalue weighted by atomic mass is 16.5. The summed E-state index contributed by atoms with van der Waals surface area (Å²) < 4.78 is 5.75. The molecule has 1 aromatic heterocycles. The number of nitrogens with zero attached hydrogens (tertiary/aromatic N) is 2. The van der Waals surface area contributed by atoms with Crippen LogP contribution in [0.15, 0.2) is 36.7 Å². The lowest BCUT2D eigenvalue weighted by Crippen LogP contribution is -2.17. The van der Waals surface area contributed by atoms with Gasteiger partial charge in [0.25, 0.3) is 5.91 Å². The number of hydrogen-bond donors (Lipinski definition) is 2. The number of nitrogens with one attached hydrogen (secondary N) is 1. The minimum atomic E-state index is -0.400. The van der Waals surface area contributed by atoms with Crippen LogP contribution in [0.4, 0.5) is 11.5 Å². The molecule has 3 rings (SSSR count). The summed E-state index contributed by atoms with van der Waals surface area (Å²) in [4.78, 5) is 20.0. The van der Waals surface area contributed by atoms with Crippen LogP contribution in [0.3, 0.4) is 0 Å². The summed E-state index contributed by atoms with van der Waals surface area (Å²) >= 11 is 0. The summed E-state index contributed by atoms with van der Waals surface area (Å²) in [5.74, 6) is 0.999. The van der Waals surface area contributed by atoms with Crippen LogP contribution in [0.5, 0.6) is 5.75 Å². The van der Waals surface area contributed by atoms with Crippen LogP contribution in [0.1, 0.15) is 23.3 Å². The van der Waals surface area contributed by atoms with Crippen molar-refractivity contribution >= 4 is 17.4 Å². The molecule has 1 amide bonds. The second kappa shape index (κ2) is 5.78. The molecular weight excluding hydrogens is 268 g/mol. The SMILES string of the molecule is Nc1nccnc1C(=O)Nc1ccccc1OCC1CC1. The highest BCUT2D eigenvalue weighted by molar-refractivity contribution is 6.06. The first kappa shape index (κ1) is 13.4. The highest BCUT2D eigenvalue weighted by Crippen LogP contribution is 2.31. The normalized spacial score (nSPS) is 13.7. The Morgan fingerprint density at radius 1 is 1.29 bits per heavy atom. The molecule has 1 aliphatic rings. The molecule has 0 unspecified atom stereocenters. The summed E-state index contributed by atoms with van der Waals surface area (Å²) in [6.45, 7) is 0.681. The maximum atomic E-state index is 12.2. The van der Waals surface area contributed by atoms with Crippen molar-refractivity contribution in [3.8, 4) is 5.75 Å². The Kier molecular flexibility index (Phi) is 3.68. The number of rotatable bonds is 5. The molecule has 2 aromatic rings. The first-order valence-electron chi connectivity index (χ1n) is 6.83. The minimum absolute atomic E-state index is 0.103. The third kappa shape index (κ3) is 3.28. The van der Waals surface area contributed by atoms with E-state index >= 15 is 0 Å². The van der Waals surface area contributed by atoms with Gasteiger partial charge in [-0.2, -0.15) is 0 Å². The number of amides is 1. The summed E-state index contributed by atoms with van der Waals surface area (Å²) in [7, 11) is 0. The van der Waals surface area contributed by atoms with E-state index in [0.717, 1.165) is 0 Å². The van der Waals surface area contributed by atoms with E-state index < -0.39 is 5.91 Å². The average Bonchev–Trinajstić information content (AvgIpc) is 3.31. The fraction of sp³-hybridized carbons (Fsp3) is 0.267. The van der Waals surface area contributed by atoms with Crippen molar-refractivity contribution in [1.82, 2.24) is 9.97 Å². The van der Waals surface area contributed by atoms with E-state index in [4.69, 9.17) is 10.5 Å². The predicted octanol–water partition coefficient (Wildman–Crippen LogP) is 2.10. The van der Waals surface area contributed by atoms with Crippen molar-refractivity contribution < 1.29 is 9.53 Å². The summed E-state index contributed by atoms with van der Waals surface area (Å²) in [5, 5.41) is 2.77. The minimum Gasteiger partial charge on any atom is -0.491 e. The van der Waals surface area contributed by atoms with Gasteiger partial charge in [0.05, 0.1) is 12.3 Å². The molecule has 0 aliphatic heterocycles. The largest absolute Gasteiger partial charge is 0.491 e. The summed E-state index contributed by atoms with van der Waals surface area (Å²) in [6.07, 6.45) is 5.30. The van der Waals surface area contributed by atoms with Crippen molar-refractivity contribution in [3.05, 3.63) is 42.4 Å². The Labute approximate surface area is 122 Å². The molecule has 3 N–H and O–H groups in total. The van der Waals surface area contributed by atoms with E-state index in [2.05, 4.69) is 15.3 Å². The molecule has 0 spiro atoms. The quantitative estimate of drug-likeness (QED) is 0.877. The molecule has 0 saturated heterocycles. The van der Waals surface area contributed by atoms with Crippen molar-refractivity contribution in [3.63, 3.8) is 0 Å². The number of nitrogens with two attached hydrogens (primary N) is 1. The lowest BCUT2D eigenvalue weighted by Gasteiger charge is -2.12. The van der Waals surface area contributed by atoms with E-state index in [-0.39, 0.29) is 11.5 Å². The van der Waals surface area contributed by atoms with E-state index in [1.165, 1.54) is 25.2 Å². The number of hydrogen-bond acceptors (Lipinski definition) is 5. The molecule has 1 aromatic carbocycles. The van der Waals surface area contributed by atoms with Gasteiger partial charge in [0.1, 0.15) is 5.75 Å². The maximum Gasteiger partial charge on any atom is 0.278 e. The fourth-order valence-electron chi connectivity index (χ4n) is 1.89. The van der Waals surface area contributed by atoms with Crippen LogP contribution in [0, 0.1) is 5.92 Å². The van der Waals surface area contributed by atoms with Gasteiger partial charge in [0, 0.05) is 12.4 Å². The molecule has 1 aliphatic carbocycles. The molecule has 21 heavy (non-hydrogen) atoms. The van der Waals surface area contributed by atoms with Crippen LogP contribution < -0.4 is 15.8 Å². The number of anilines is 2. The van der Waals surface area contributed by atoms with Gasteiger partial charge in [-0.3, -0.25) is 4.79 Å². The Bertz CT molecular complexity index is 656. The van der Waals surface area contributed by atoms with Gasteiger partial charge in [0.15, 0.2) is 11.5 Å². The lowest BCUT2D eigenvalue weighted by molar-refractivity contribution is 0.102. The van der Waals surface area contributed by atoms with Crippen LogP contribution in [0.25, 0.3) is 0 Å². The second-order valence-electron chi connectivity index (χ2n) is 4.99. The Hall–Kier alpha value is -2.63. The number of para-hydroxylation sites is 2. The number of nitrogen functional groups attached to an aromatic ring is 1. The van der Waals surface area contributed by atoms with Gasteiger partial charge >= 0.3 is 0 Å². The van der Waals surface area contributed by atoms with Gasteiger partial charge in [-0.15, -0.1) is 0 Å². The summed E-state index contributed by atoms with van der Waals surface area (Å²) in [6, 6.07) is 7.32. The first-order valence-corrected chi connectivity index (χ1v) is 6.83. The fourth-order valence-corrected chi connectivity index (χ4v) is 1.89. The van der Waals surface area contributed by atoms with Crippen LogP contribution in [-0.4, -0.2) is 22.5 Å². The van der Waals surface area contributed by atoms with Crippen molar-refractivity contribution in [1.29, 1.82) is 0 Å². The third-order valence-electron chi connectivity index (χ3n) is 3.25. The van der Waals surface area contributed by atoms with Crippen molar-refractivity contribution in [2.24, 2.45) is 5.92 Å². The van der Waals surface area contributed by atoms with Crippen molar-refractivity contribution in [2.45, 2.75) is 12.8 Å². The summed E-state index contributed by atoms with van der Waals surface area (Å²) in [5.41, 5.74) is 6.36. The van der Waals surface area contributed by atoms with E-state index in [9.17, 15) is 4.79 Å². The molecule has 0 bridgehead atoms. The topological polar surface area (TPSA) is 90.1 Å². The second-order valence-corrected chi connectivity index (χ2v) is 4.99. The van der Waals surface area contributed by atoms with Gasteiger partial charge < -0.3 is 15.8 Å². The number of carbonyl (C=O) groups excluding carboxylic acids is 1. The van der Waals surface area contributed by atoms with Gasteiger partial charge in [-0.1, -0.05) is 12.1 Å². The smallest absolute Gasteiger partial charge is 0.278 e. The Morgan fingerprint density at radius 3 is 2.81 bits per heavy atom. The standard InChI is InChI=1S/C15H16N4O2/c16-14-13(17-7-8-18-14)15(20)19-11-3-1-2-4-12(11)21-9-10-5-6-10/h1-4,7-8,10H,5-6,9H2,(H2,16,18)(H,19,20). The molecule has 108 valence electrons. The number of carbonyl (C=O) groups is 1. The first-order chi connectivity index (χ1) is 10.2. The molecule has 0 atom stereocenters. The molecule has 0 radical (unpaired) electrons. The maximum absolute atomic E-state index is 12.2. The lowest BCUT2D eigenvalue weighted by atomic mass is 10.2. The number of ether oxygens (including phenoxy) is 1. The molecule has 1 fully saturated rings. The van der Waals surface area contributed by atoms with Gasteiger partial charge in [0.2, 0.25) is 0 Å². The van der Waals surface area contributed by atoms with E-state index in [1.807, 2.05) is 18.2 Å². The zero-order valence-electron chi connectivity index (χ0n) is 11.5. The average molecular weight is 284 g/mol. The molecule has 1 heterocycles. The van der Waals surface area contributed by atoms with Crippen LogP contribution in [0.2, 0.25) is 0 Å². The molecule has 6 heteroatoms. The van der Waals surface area contributed by atoms with E-state index in [1.54, 1.807) is 6.07 Å². The monoisotopic (exact) mass is 284 g/mol. The third-order valence-corrected chi connectivity index (χ3v) is 3.25. The molecular formula is C15H16N4O2. The van der Waals surface area contributed by atoms with E-state index in [0.29, 0.717) is 24.0 Å².